The third-order valence-electron chi connectivity index (χ3n) is 8.72. The fourth-order valence-corrected chi connectivity index (χ4v) is 5.19. The van der Waals surface area contributed by atoms with Crippen LogP contribution in [0.1, 0.15) is 65.2 Å². The zero-order valence-electron chi connectivity index (χ0n) is 44.9. The molecule has 5 aliphatic rings. The number of carbonyl (C=O) groups excluding carboxylic acids is 6. The van der Waals surface area contributed by atoms with Crippen molar-refractivity contribution in [3.8, 4) is 0 Å². The number of halogens is 2. The van der Waals surface area contributed by atoms with Crippen molar-refractivity contribution in [2.45, 2.75) is 77.3 Å². The van der Waals surface area contributed by atoms with Crippen molar-refractivity contribution in [1.29, 1.82) is 0 Å². The molecule has 0 bridgehead atoms. The molecule has 0 spiro atoms. The van der Waals surface area contributed by atoms with E-state index in [-0.39, 0.29) is 106 Å². The van der Waals surface area contributed by atoms with E-state index in [9.17, 15) is 43.2 Å². The molecule has 84 heavy (non-hydrogen) atoms. The average Bonchev–Trinajstić information content (AvgIpc) is 3.98. The Labute approximate surface area is 527 Å². The van der Waals surface area contributed by atoms with Crippen LogP contribution in [0.3, 0.4) is 0 Å². The Morgan fingerprint density at radius 1 is 0.464 bits per heavy atom. The molecule has 2 fully saturated rings. The summed E-state index contributed by atoms with van der Waals surface area (Å²) in [6, 6.07) is 0.285. The molecule has 490 valence electrons. The molecule has 4 atom stereocenters. The van der Waals surface area contributed by atoms with Crippen LogP contribution < -0.4 is 16.0 Å². The first-order valence-corrected chi connectivity index (χ1v) is 27.9. The van der Waals surface area contributed by atoms with Crippen LogP contribution in [0, 0.1) is 25.7 Å². The van der Waals surface area contributed by atoms with E-state index in [2.05, 4.69) is 29.8 Å². The van der Waals surface area contributed by atoms with E-state index < -0.39 is 106 Å². The van der Waals surface area contributed by atoms with Gasteiger partial charge in [0.05, 0.1) is 0 Å². The summed E-state index contributed by atoms with van der Waals surface area (Å²) in [7, 11) is 10.8. The molecule has 0 aromatic rings. The number of imide groups is 3. The second-order valence-corrected chi connectivity index (χ2v) is 18.1. The van der Waals surface area contributed by atoms with Gasteiger partial charge in [0.25, 0.3) is 47.4 Å². The van der Waals surface area contributed by atoms with Crippen LogP contribution in [0.2, 0.25) is 0 Å². The molecule has 0 saturated heterocycles. The summed E-state index contributed by atoms with van der Waals surface area (Å²) in [5, 5.41) is 82.2. The van der Waals surface area contributed by atoms with Crippen LogP contribution in [0.25, 0.3) is 23.8 Å². The Morgan fingerprint density at radius 2 is 0.619 bits per heavy atom. The maximum absolute atomic E-state index is 10.9. The quantitative estimate of drug-likeness (QED) is 0.0894. The first-order valence-electron chi connectivity index (χ1n) is 22.3. The van der Waals surface area contributed by atoms with Gasteiger partial charge in [-0.15, -0.1) is 0 Å². The van der Waals surface area contributed by atoms with Gasteiger partial charge in [-0.1, -0.05) is 51.4 Å². The van der Waals surface area contributed by atoms with Crippen molar-refractivity contribution in [1.82, 2.24) is 30.7 Å². The Hall–Kier alpha value is -6.29. The number of nitrogens with one attached hydrogen (secondary N) is 5. The maximum atomic E-state index is 10.9. The molecule has 35 nitrogen and oxygen atoms in total. The summed E-state index contributed by atoms with van der Waals surface area (Å²) in [5.41, 5.74) is 14.8. The summed E-state index contributed by atoms with van der Waals surface area (Å²) in [4.78, 5) is 153. The molecular weight excluding hydrogens is 1720 g/mol. The number of hydrogen-bond donors (Lipinski definition) is 13. The van der Waals surface area contributed by atoms with E-state index in [1.165, 1.54) is 38.5 Å². The predicted octanol–water partition coefficient (Wildman–Crippen LogP) is 3.31. The third kappa shape index (κ3) is 64.9. The van der Waals surface area contributed by atoms with E-state index in [4.69, 9.17) is 110 Å². The molecule has 40 heteroatoms. The number of aliphatic carboxylic acids is 6. The van der Waals surface area contributed by atoms with Crippen molar-refractivity contribution < 1.29 is 182 Å². The molecule has 2 saturated carbocycles. The first kappa shape index (κ1) is 99.7. The van der Waals surface area contributed by atoms with Crippen LogP contribution in [0.15, 0.2) is 36.5 Å². The number of aliphatic hydroxyl groups is 1. The molecule has 0 aromatic carbocycles. The number of amides is 9. The number of hydrogen-bond acceptors (Lipinski definition) is 16. The summed E-state index contributed by atoms with van der Waals surface area (Å²) in [6.07, 6.45) is 13.0. The molecular formula is C44H70Cl2N10O25Pt3. The van der Waals surface area contributed by atoms with Crippen LogP contribution >= 0.6 is 18.8 Å². The zero-order valence-corrected chi connectivity index (χ0v) is 53.2. The maximum Gasteiger partial charge on any atom is 2.00 e. The Kier molecular flexibility index (Phi) is 74.5. The van der Waals surface area contributed by atoms with Crippen LogP contribution in [-0.4, -0.2) is 214 Å². The standard InChI is InChI=1S/3C7H8N2O4.2C7H13N.2C2H2O4.2C2H4O2.CH4O.2ClH.2H2N.3Pt/c3*10-5-1-2-6(11)9(5)4-3-8-7(12)13;2*1-6-4-2-3-5-7(6)8;2*3-1(4)2(5)6;2*1-2(3)4;1-2;;;;;;;/h3*1-2,8H,3-4H2,(H,12,13);2*6-8H,1-5H2;2*(H,3,4)(H,5,6);2*1H3,(H,3,4);2H,1H3;2*1H;2*1H2;;;/q;;;2*-2;;;;;;;;2*-1;2*+2;+4/p-2/t;;;2*6-,7?;;;;;;;;;;;;/m...11............/s1. The number of nitrogens with two attached hydrogens (primary N) is 2. The molecule has 2 unspecified atom stereocenters. The van der Waals surface area contributed by atoms with Crippen LogP contribution in [0.4, 0.5) is 14.4 Å². The van der Waals surface area contributed by atoms with Gasteiger partial charge in [0, 0.05) is 96.7 Å². The number of aliphatic hydroxyl groups excluding tert-OH is 1. The van der Waals surface area contributed by atoms with Crippen molar-refractivity contribution in [2.75, 3.05) is 46.4 Å². The van der Waals surface area contributed by atoms with Gasteiger partial charge >= 0.3 is 120 Å². The van der Waals surface area contributed by atoms with Crippen LogP contribution in [-0.2, 0) is 116 Å². The third-order valence-corrected chi connectivity index (χ3v) is 8.72. The smallest absolute Gasteiger partial charge is 0.693 e. The van der Waals surface area contributed by atoms with Gasteiger partial charge < -0.3 is 105 Å². The van der Waals surface area contributed by atoms with Crippen molar-refractivity contribution in [2.24, 2.45) is 11.8 Å². The number of carbonyl (C=O) groups is 15. The number of nitrogens with zero attached hydrogens (tertiary/aromatic N) is 3. The Morgan fingerprint density at radius 3 is 0.726 bits per heavy atom. The topological polar surface area (TPSA) is 619 Å². The second-order valence-electron chi connectivity index (χ2n) is 14.8. The van der Waals surface area contributed by atoms with Gasteiger partial charge in [0.1, 0.15) is 0 Å². The number of carboxylic acid groups (broad SMARTS) is 9. The minimum absolute atomic E-state index is 0. The fraction of sp³-hybridized carbons (Fsp3) is 0.477. The van der Waals surface area contributed by atoms with Gasteiger partial charge in [-0.3, -0.25) is 53.1 Å². The molecule has 19 N–H and O–H groups in total. The summed E-state index contributed by atoms with van der Waals surface area (Å²) in [5.74, 6) is -10.6. The SMILES string of the molecule is CC(=O)O.CC(=O)O.CO.O=C(O)C(=O)O.O=C(O)C(=O)O.O=C(O)NCCN1C(=O)C=CC1=O.O=C(O)NCCN1C(=O)C=CC1=O.O=C(O)NCCN1C(=O)C=CC1=O.[CH2-][C@@H]1CCCCC1[NH-].[CH2-][C@@H]1CCCCC1[NH-].[Cl][Pt+2][Cl].[NH2-].[NH2-].[Pt+2].[Pt+2]. The van der Waals surface area contributed by atoms with E-state index in [0.29, 0.717) is 11.8 Å². The molecule has 0 aromatic heterocycles. The minimum Gasteiger partial charge on any atom is -0.693 e. The van der Waals surface area contributed by atoms with E-state index in [1.807, 2.05) is 0 Å². The zero-order chi connectivity index (χ0) is 63.7. The van der Waals surface area contributed by atoms with Gasteiger partial charge in [-0.2, -0.15) is 23.9 Å². The van der Waals surface area contributed by atoms with E-state index in [1.54, 1.807) is 0 Å². The van der Waals surface area contributed by atoms with Crippen molar-refractivity contribution in [3.05, 3.63) is 74.1 Å². The van der Waals surface area contributed by atoms with Gasteiger partial charge in [0.15, 0.2) is 0 Å². The molecule has 3 heterocycles. The van der Waals surface area contributed by atoms with Gasteiger partial charge in [-0.25, -0.2) is 33.6 Å². The molecule has 3 aliphatic heterocycles. The predicted molar refractivity (Wildman–Crippen MR) is 284 cm³/mol. The summed E-state index contributed by atoms with van der Waals surface area (Å²) < 4.78 is 0. The minimum atomic E-state index is -1.82. The van der Waals surface area contributed by atoms with Gasteiger partial charge in [-0.05, 0) is 0 Å². The number of rotatable bonds is 9. The molecule has 2 aliphatic carbocycles. The largest absolute Gasteiger partial charge is 2.00 e. The van der Waals surface area contributed by atoms with Gasteiger partial charge in [0.2, 0.25) is 0 Å². The molecule has 0 radical (unpaired) electrons. The normalized spacial score (nSPS) is 16.6. The monoisotopic (exact) mass is 1790 g/mol. The van der Waals surface area contributed by atoms with Crippen molar-refractivity contribution >= 4 is 108 Å². The summed E-state index contributed by atoms with van der Waals surface area (Å²) in [6.45, 7) is 10.3. The first-order chi connectivity index (χ1) is 37.1. The van der Waals surface area contributed by atoms with Crippen molar-refractivity contribution in [3.63, 3.8) is 0 Å². The van der Waals surface area contributed by atoms with E-state index >= 15 is 0 Å². The Bertz CT molecular complexity index is 1830. The second kappa shape index (κ2) is 62.8. The molecule has 9 amide bonds. The Balaban J connectivity index is -0.0000000925. The summed E-state index contributed by atoms with van der Waals surface area (Å²) >= 11 is -0.472. The number of carboxylic acids is 6. The van der Waals surface area contributed by atoms with E-state index in [0.717, 1.165) is 85.0 Å². The molecule has 5 rings (SSSR count). The fourth-order valence-electron chi connectivity index (χ4n) is 5.19. The van der Waals surface area contributed by atoms with Crippen LogP contribution in [0.5, 0.6) is 0 Å². The average molecular weight is 1800 g/mol.